The summed E-state index contributed by atoms with van der Waals surface area (Å²) >= 11 is 0. The summed E-state index contributed by atoms with van der Waals surface area (Å²) in [6.45, 7) is 12.5. The highest BCUT2D eigenvalue weighted by Crippen LogP contribution is 2.25. The number of amides is 1. The molecule has 0 radical (unpaired) electrons. The molecule has 8 nitrogen and oxygen atoms in total. The summed E-state index contributed by atoms with van der Waals surface area (Å²) in [4.78, 5) is 24.8. The van der Waals surface area contributed by atoms with E-state index in [9.17, 15) is 4.79 Å². The average Bonchev–Trinajstić information content (AvgIpc) is 2.93. The molecule has 8 heteroatoms. The minimum absolute atomic E-state index is 0.0422. The van der Waals surface area contributed by atoms with Crippen LogP contribution in [0.3, 0.4) is 0 Å². The van der Waals surface area contributed by atoms with E-state index in [0.29, 0.717) is 5.91 Å². The molecular formula is C26H37N7O. The van der Waals surface area contributed by atoms with Crippen LogP contribution in [-0.2, 0) is 4.79 Å². The van der Waals surface area contributed by atoms with Gasteiger partial charge in [0.15, 0.2) is 11.6 Å². The van der Waals surface area contributed by atoms with Gasteiger partial charge in [-0.15, -0.1) is 10.2 Å². The Bertz CT molecular complexity index is 922. The highest BCUT2D eigenvalue weighted by molar-refractivity contribution is 5.80. The number of anilines is 3. The first kappa shape index (κ1) is 22.9. The predicted octanol–water partition coefficient (Wildman–Crippen LogP) is 2.18. The second-order valence-electron chi connectivity index (χ2n) is 9.60. The van der Waals surface area contributed by atoms with Crippen LogP contribution in [0.5, 0.6) is 0 Å². The normalized spacial score (nSPS) is 22.2. The Labute approximate surface area is 203 Å². The molecule has 1 aromatic heterocycles. The van der Waals surface area contributed by atoms with Crippen LogP contribution < -0.4 is 14.7 Å². The summed E-state index contributed by atoms with van der Waals surface area (Å²) in [6, 6.07) is 14.7. The summed E-state index contributed by atoms with van der Waals surface area (Å²) in [5.41, 5.74) is 1.24. The fraction of sp³-hybridized carbons (Fsp3) is 0.577. The van der Waals surface area contributed by atoms with E-state index >= 15 is 0 Å². The Morgan fingerprint density at radius 1 is 0.794 bits per heavy atom. The summed E-state index contributed by atoms with van der Waals surface area (Å²) < 4.78 is 0. The van der Waals surface area contributed by atoms with Gasteiger partial charge in [-0.3, -0.25) is 4.79 Å². The monoisotopic (exact) mass is 463 g/mol. The lowest BCUT2D eigenvalue weighted by molar-refractivity contribution is -0.136. The first-order valence-electron chi connectivity index (χ1n) is 12.9. The number of hydrogen-bond acceptors (Lipinski definition) is 7. The molecule has 182 valence electrons. The molecule has 1 unspecified atom stereocenters. The lowest BCUT2D eigenvalue weighted by Gasteiger charge is -2.40. The average molecular weight is 464 g/mol. The number of carbonyl (C=O) groups excluding carboxylic acids is 1. The number of nitrogens with zero attached hydrogens (tertiary/aromatic N) is 7. The van der Waals surface area contributed by atoms with Crippen LogP contribution in [0.25, 0.3) is 0 Å². The maximum atomic E-state index is 13.3. The lowest BCUT2D eigenvalue weighted by Crippen LogP contribution is -2.52. The Morgan fingerprint density at radius 3 is 2.09 bits per heavy atom. The Hall–Kier alpha value is -2.87. The number of piperidine rings is 1. The van der Waals surface area contributed by atoms with E-state index in [1.165, 1.54) is 5.69 Å². The van der Waals surface area contributed by atoms with Crippen molar-refractivity contribution in [3.05, 3.63) is 42.5 Å². The van der Waals surface area contributed by atoms with Crippen molar-refractivity contribution in [1.82, 2.24) is 20.0 Å². The minimum atomic E-state index is 0.0422. The van der Waals surface area contributed by atoms with Crippen LogP contribution in [0.1, 0.15) is 19.8 Å². The quantitative estimate of drug-likeness (QED) is 0.674. The molecule has 0 N–H and O–H groups in total. The van der Waals surface area contributed by atoms with Crippen molar-refractivity contribution in [2.24, 2.45) is 5.92 Å². The molecule has 3 saturated heterocycles. The van der Waals surface area contributed by atoms with E-state index in [4.69, 9.17) is 0 Å². The van der Waals surface area contributed by atoms with Crippen molar-refractivity contribution in [2.75, 3.05) is 86.7 Å². The molecule has 0 aliphatic carbocycles. The van der Waals surface area contributed by atoms with Crippen molar-refractivity contribution < 1.29 is 4.79 Å². The fourth-order valence-corrected chi connectivity index (χ4v) is 5.42. The number of rotatable bonds is 5. The second kappa shape index (κ2) is 10.6. The van der Waals surface area contributed by atoms with Gasteiger partial charge in [-0.05, 0) is 43.7 Å². The first-order valence-corrected chi connectivity index (χ1v) is 12.9. The number of likely N-dealkylation sites (N-methyl/N-ethyl adjacent to an activating group) is 1. The molecule has 0 spiro atoms. The molecule has 1 aromatic carbocycles. The van der Waals surface area contributed by atoms with Gasteiger partial charge in [0.1, 0.15) is 0 Å². The van der Waals surface area contributed by atoms with Crippen molar-refractivity contribution >= 4 is 23.2 Å². The molecule has 34 heavy (non-hydrogen) atoms. The van der Waals surface area contributed by atoms with E-state index in [1.807, 2.05) is 6.07 Å². The smallest absolute Gasteiger partial charge is 0.227 e. The number of hydrogen-bond donors (Lipinski definition) is 0. The first-order chi connectivity index (χ1) is 16.7. The van der Waals surface area contributed by atoms with Gasteiger partial charge in [-0.2, -0.15) is 0 Å². The van der Waals surface area contributed by atoms with E-state index in [-0.39, 0.29) is 5.92 Å². The third kappa shape index (κ3) is 5.12. The van der Waals surface area contributed by atoms with Crippen LogP contribution in [-0.4, -0.2) is 97.9 Å². The zero-order valence-corrected chi connectivity index (χ0v) is 20.3. The number of para-hydroxylation sites is 1. The Kier molecular flexibility index (Phi) is 7.13. The third-order valence-electron chi connectivity index (χ3n) is 7.59. The summed E-state index contributed by atoms with van der Waals surface area (Å²) in [7, 11) is 0. The fourth-order valence-electron chi connectivity index (χ4n) is 5.42. The molecule has 2 aromatic rings. The minimum Gasteiger partial charge on any atom is -0.368 e. The maximum Gasteiger partial charge on any atom is 0.227 e. The van der Waals surface area contributed by atoms with Crippen LogP contribution in [0.4, 0.5) is 17.3 Å². The maximum absolute atomic E-state index is 13.3. The Balaban J connectivity index is 1.15. The number of piperazine rings is 2. The summed E-state index contributed by atoms with van der Waals surface area (Å²) in [5, 5.41) is 9.10. The molecule has 1 amide bonds. The summed E-state index contributed by atoms with van der Waals surface area (Å²) in [6.07, 6.45) is 1.98. The van der Waals surface area contributed by atoms with Gasteiger partial charge in [0.05, 0.1) is 5.92 Å². The second-order valence-corrected chi connectivity index (χ2v) is 9.60. The molecule has 4 heterocycles. The van der Waals surface area contributed by atoms with E-state index in [0.717, 1.165) is 96.5 Å². The van der Waals surface area contributed by atoms with Crippen LogP contribution >= 0.6 is 0 Å². The zero-order valence-electron chi connectivity index (χ0n) is 20.3. The number of benzene rings is 1. The van der Waals surface area contributed by atoms with Gasteiger partial charge in [-0.1, -0.05) is 25.1 Å². The van der Waals surface area contributed by atoms with E-state index < -0.39 is 0 Å². The lowest BCUT2D eigenvalue weighted by atomic mass is 9.96. The van der Waals surface area contributed by atoms with Crippen LogP contribution in [0, 0.1) is 5.92 Å². The van der Waals surface area contributed by atoms with Crippen molar-refractivity contribution in [2.45, 2.75) is 19.8 Å². The molecule has 3 fully saturated rings. The SMILES string of the molecule is CCN1CCN(c2ccc(N3CCCC(C(=O)N4CCN(c5ccccc5)CC4)C3)nn2)CC1. The van der Waals surface area contributed by atoms with Crippen LogP contribution in [0.2, 0.25) is 0 Å². The highest BCUT2D eigenvalue weighted by Gasteiger charge is 2.31. The van der Waals surface area contributed by atoms with E-state index in [1.54, 1.807) is 0 Å². The van der Waals surface area contributed by atoms with Gasteiger partial charge in [0, 0.05) is 71.1 Å². The molecular weight excluding hydrogens is 426 g/mol. The molecule has 3 aliphatic heterocycles. The van der Waals surface area contributed by atoms with Gasteiger partial charge in [0.25, 0.3) is 0 Å². The molecule has 0 saturated carbocycles. The largest absolute Gasteiger partial charge is 0.368 e. The standard InChI is InChI=1S/C26H37N7O/c1-2-29-13-15-31(16-14-29)24-10-11-25(28-27-24)33-12-6-7-22(21-33)26(34)32-19-17-30(18-20-32)23-8-4-3-5-9-23/h3-5,8-11,22H,2,6-7,12-21H2,1H3. The summed E-state index contributed by atoms with van der Waals surface area (Å²) in [5.74, 6) is 2.19. The number of carbonyl (C=O) groups is 1. The predicted molar refractivity (Wildman–Crippen MR) is 137 cm³/mol. The third-order valence-corrected chi connectivity index (χ3v) is 7.59. The van der Waals surface area contributed by atoms with Crippen molar-refractivity contribution in [3.63, 3.8) is 0 Å². The number of aromatic nitrogens is 2. The van der Waals surface area contributed by atoms with Gasteiger partial charge in [-0.25, -0.2) is 0 Å². The van der Waals surface area contributed by atoms with Gasteiger partial charge >= 0.3 is 0 Å². The van der Waals surface area contributed by atoms with Crippen LogP contribution in [0.15, 0.2) is 42.5 Å². The molecule has 0 bridgehead atoms. The Morgan fingerprint density at radius 2 is 1.44 bits per heavy atom. The zero-order chi connectivity index (χ0) is 23.3. The van der Waals surface area contributed by atoms with E-state index in [2.05, 4.69) is 78.0 Å². The van der Waals surface area contributed by atoms with Crippen molar-refractivity contribution in [3.8, 4) is 0 Å². The topological polar surface area (TPSA) is 59.1 Å². The molecule has 3 aliphatic rings. The highest BCUT2D eigenvalue weighted by atomic mass is 16.2. The van der Waals surface area contributed by atoms with Gasteiger partial charge in [0.2, 0.25) is 5.91 Å². The van der Waals surface area contributed by atoms with Crippen molar-refractivity contribution in [1.29, 1.82) is 0 Å². The van der Waals surface area contributed by atoms with Gasteiger partial charge < -0.3 is 24.5 Å². The molecule has 5 rings (SSSR count). The molecule has 1 atom stereocenters.